The molecule has 0 aliphatic heterocycles. The smallest absolute Gasteiger partial charge is 0.424 e. The molecule has 1 unspecified atom stereocenters. The zero-order valence-electron chi connectivity index (χ0n) is 9.78. The fourth-order valence-corrected chi connectivity index (χ4v) is 1.46. The zero-order chi connectivity index (χ0) is 13.6. The summed E-state index contributed by atoms with van der Waals surface area (Å²) >= 11 is 0. The fourth-order valence-electron chi connectivity index (χ4n) is 1.25. The van der Waals surface area contributed by atoms with Crippen LogP contribution >= 0.6 is 0 Å². The van der Waals surface area contributed by atoms with Gasteiger partial charge in [0.2, 0.25) is 6.29 Å². The van der Waals surface area contributed by atoms with Crippen LogP contribution in [0.1, 0.15) is 12.5 Å². The Kier molecular flexibility index (Phi) is 5.29. The molecular weight excluding hydrogens is 260 g/mol. The van der Waals surface area contributed by atoms with Gasteiger partial charge in [-0.25, -0.2) is 0 Å². The molecule has 0 bridgehead atoms. The molecule has 7 heteroatoms. The highest BCUT2D eigenvalue weighted by atomic mass is 32.3. The topological polar surface area (TPSA) is 82.1 Å². The maximum Gasteiger partial charge on any atom is 0.424 e. The molecule has 0 spiro atoms. The van der Waals surface area contributed by atoms with Gasteiger partial charge in [0, 0.05) is 6.92 Å². The van der Waals surface area contributed by atoms with E-state index in [4.69, 9.17) is 9.29 Å². The quantitative estimate of drug-likeness (QED) is 0.269. The summed E-state index contributed by atoms with van der Waals surface area (Å²) in [5.41, 5.74) is 0.870. The number of para-hydroxylation sites is 1. The number of ether oxygens (including phenoxy) is 1. The fraction of sp³-hybridized carbons (Fsp3) is 0.273. The Morgan fingerprint density at radius 3 is 2.72 bits per heavy atom. The molecular formula is C11H14O6S. The number of hydrogen-bond acceptors (Lipinski definition) is 5. The minimum atomic E-state index is -4.65. The molecule has 0 radical (unpaired) electrons. The van der Waals surface area contributed by atoms with Crippen molar-refractivity contribution in [1.29, 1.82) is 0 Å². The molecule has 0 saturated heterocycles. The van der Waals surface area contributed by atoms with Crippen molar-refractivity contribution in [3.63, 3.8) is 0 Å². The summed E-state index contributed by atoms with van der Waals surface area (Å²) in [7, 11) is -4.65. The van der Waals surface area contributed by atoms with Gasteiger partial charge in [0.1, 0.15) is 5.75 Å². The molecule has 18 heavy (non-hydrogen) atoms. The van der Waals surface area contributed by atoms with Gasteiger partial charge in [0.05, 0.1) is 0 Å². The van der Waals surface area contributed by atoms with Crippen LogP contribution in [0, 0.1) is 0 Å². The van der Waals surface area contributed by atoms with Gasteiger partial charge in [-0.2, -0.15) is 13.3 Å². The molecule has 1 rings (SSSR count). The lowest BCUT2D eigenvalue weighted by Crippen LogP contribution is -2.19. The molecule has 0 saturated carbocycles. The Labute approximate surface area is 106 Å². The first-order valence-electron chi connectivity index (χ1n) is 5.10. The predicted molar refractivity (Wildman–Crippen MR) is 64.2 cm³/mol. The molecule has 1 atom stereocenters. The van der Waals surface area contributed by atoms with Crippen molar-refractivity contribution < 1.29 is 26.9 Å². The van der Waals surface area contributed by atoms with Crippen molar-refractivity contribution in [1.82, 2.24) is 0 Å². The van der Waals surface area contributed by atoms with Gasteiger partial charge in [0.15, 0.2) is 0 Å². The molecule has 1 aromatic carbocycles. The van der Waals surface area contributed by atoms with Crippen LogP contribution in [0.2, 0.25) is 0 Å². The minimum absolute atomic E-state index is 0.517. The van der Waals surface area contributed by atoms with Gasteiger partial charge < -0.3 is 4.74 Å². The van der Waals surface area contributed by atoms with Crippen LogP contribution in [0.4, 0.5) is 0 Å². The maximum atomic E-state index is 10.3. The molecule has 0 aliphatic rings. The first kappa shape index (κ1) is 14.7. The van der Waals surface area contributed by atoms with E-state index in [-0.39, 0.29) is 0 Å². The Bertz CT molecular complexity index is 496. The summed E-state index contributed by atoms with van der Waals surface area (Å²) in [5, 5.41) is 0. The largest absolute Gasteiger partial charge is 0.462 e. The Morgan fingerprint density at radius 2 is 2.11 bits per heavy atom. The summed E-state index contributed by atoms with van der Waals surface area (Å²) in [4.78, 5) is 4.36. The lowest BCUT2D eigenvalue weighted by molar-refractivity contribution is -0.290. The van der Waals surface area contributed by atoms with Gasteiger partial charge in [0.25, 0.3) is 0 Å². The number of hydrogen-bond donors (Lipinski definition) is 1. The van der Waals surface area contributed by atoms with E-state index >= 15 is 0 Å². The van der Waals surface area contributed by atoms with Crippen molar-refractivity contribution in [2.24, 2.45) is 0 Å². The van der Waals surface area contributed by atoms with Crippen LogP contribution in [-0.4, -0.2) is 19.3 Å². The van der Waals surface area contributed by atoms with Gasteiger partial charge in [-0.05, 0) is 18.1 Å². The lowest BCUT2D eigenvalue weighted by Gasteiger charge is -2.15. The molecule has 0 heterocycles. The van der Waals surface area contributed by atoms with Gasteiger partial charge in [-0.1, -0.05) is 28.6 Å². The van der Waals surface area contributed by atoms with Crippen LogP contribution < -0.4 is 4.74 Å². The van der Waals surface area contributed by atoms with E-state index in [0.29, 0.717) is 12.2 Å². The average molecular weight is 274 g/mol. The summed E-state index contributed by atoms with van der Waals surface area (Å²) < 4.78 is 38.0. The molecule has 0 aliphatic carbocycles. The van der Waals surface area contributed by atoms with E-state index in [0.717, 1.165) is 5.56 Å². The van der Waals surface area contributed by atoms with Crippen LogP contribution in [-0.2, 0) is 26.0 Å². The zero-order valence-corrected chi connectivity index (χ0v) is 10.6. The van der Waals surface area contributed by atoms with Gasteiger partial charge in [-0.15, -0.1) is 6.58 Å². The number of allylic oxidation sites excluding steroid dienone is 1. The van der Waals surface area contributed by atoms with E-state index in [1.54, 1.807) is 18.2 Å². The lowest BCUT2D eigenvalue weighted by atomic mass is 10.1. The molecule has 6 nitrogen and oxygen atoms in total. The molecule has 1 N–H and O–H groups in total. The molecule has 1 aromatic rings. The normalized spacial score (nSPS) is 13.0. The predicted octanol–water partition coefficient (Wildman–Crippen LogP) is 1.89. The van der Waals surface area contributed by atoms with Crippen molar-refractivity contribution in [3.8, 4) is 5.75 Å². The van der Waals surface area contributed by atoms with E-state index < -0.39 is 16.7 Å². The van der Waals surface area contributed by atoms with Crippen LogP contribution in [0.5, 0.6) is 5.75 Å². The van der Waals surface area contributed by atoms with E-state index in [2.05, 4.69) is 15.8 Å². The van der Waals surface area contributed by atoms with Gasteiger partial charge in [-0.3, -0.25) is 4.55 Å². The highest BCUT2D eigenvalue weighted by molar-refractivity contribution is 7.80. The second-order valence-corrected chi connectivity index (χ2v) is 4.37. The Morgan fingerprint density at radius 1 is 1.44 bits per heavy atom. The standard InChI is InChI=1S/C11H14O6S/c1-3-6-10-7-4-5-8-11(10)15-9(2)16-17-18(12,13)14/h3-5,7-9H,1,6H2,2H3,(H,12,13,14). The Balaban J connectivity index is 2.63. The maximum absolute atomic E-state index is 10.3. The monoisotopic (exact) mass is 274 g/mol. The molecule has 100 valence electrons. The molecule has 0 fully saturated rings. The molecule has 0 aromatic heterocycles. The average Bonchev–Trinajstić information content (AvgIpc) is 2.29. The second kappa shape index (κ2) is 6.50. The summed E-state index contributed by atoms with van der Waals surface area (Å²) in [6.45, 7) is 5.05. The third-order valence-electron chi connectivity index (χ3n) is 1.89. The van der Waals surface area contributed by atoms with Crippen molar-refractivity contribution in [2.45, 2.75) is 19.6 Å². The SMILES string of the molecule is C=CCc1ccccc1OC(C)OOS(=O)(=O)O. The first-order chi connectivity index (χ1) is 8.42. The third-order valence-corrected chi connectivity index (χ3v) is 2.14. The van der Waals surface area contributed by atoms with E-state index in [1.807, 2.05) is 12.1 Å². The summed E-state index contributed by atoms with van der Waals surface area (Å²) in [6, 6.07) is 7.14. The number of benzene rings is 1. The van der Waals surface area contributed by atoms with Crippen LogP contribution in [0.15, 0.2) is 36.9 Å². The van der Waals surface area contributed by atoms with E-state index in [1.165, 1.54) is 6.92 Å². The van der Waals surface area contributed by atoms with E-state index in [9.17, 15) is 8.42 Å². The number of rotatable bonds is 7. The molecule has 0 amide bonds. The summed E-state index contributed by atoms with van der Waals surface area (Å²) in [6.07, 6.45) is 1.31. The first-order valence-corrected chi connectivity index (χ1v) is 6.46. The van der Waals surface area contributed by atoms with Crippen molar-refractivity contribution >= 4 is 10.4 Å². The highest BCUT2D eigenvalue weighted by Crippen LogP contribution is 2.20. The Hall–Kier alpha value is -1.41. The second-order valence-electron chi connectivity index (χ2n) is 3.38. The highest BCUT2D eigenvalue weighted by Gasteiger charge is 2.13. The van der Waals surface area contributed by atoms with Crippen LogP contribution in [0.25, 0.3) is 0 Å². The van der Waals surface area contributed by atoms with Crippen molar-refractivity contribution in [3.05, 3.63) is 42.5 Å². The van der Waals surface area contributed by atoms with Crippen LogP contribution in [0.3, 0.4) is 0 Å². The van der Waals surface area contributed by atoms with Crippen molar-refractivity contribution in [2.75, 3.05) is 0 Å². The summed E-state index contributed by atoms with van der Waals surface area (Å²) in [5.74, 6) is 0.517. The minimum Gasteiger partial charge on any atom is -0.462 e. The third kappa shape index (κ3) is 5.28. The van der Waals surface area contributed by atoms with Gasteiger partial charge >= 0.3 is 10.4 Å².